The Morgan fingerprint density at radius 3 is 2.64 bits per heavy atom. The molecule has 0 bridgehead atoms. The molecular formula is C12H13FO. The molecule has 0 atom stereocenters. The molecule has 0 saturated heterocycles. The Labute approximate surface area is 82.9 Å². The highest BCUT2D eigenvalue weighted by Crippen LogP contribution is 2.31. The number of benzene rings is 1. The van der Waals surface area contributed by atoms with Gasteiger partial charge in [0, 0.05) is 5.92 Å². The molecule has 1 saturated carbocycles. The van der Waals surface area contributed by atoms with Crippen LogP contribution in [0.4, 0.5) is 4.39 Å². The number of rotatable bonds is 2. The number of halogens is 1. The van der Waals surface area contributed by atoms with Gasteiger partial charge in [-0.15, -0.1) is 0 Å². The third kappa shape index (κ3) is 1.45. The molecule has 0 radical (unpaired) electrons. The zero-order chi connectivity index (χ0) is 10.1. The molecule has 0 spiro atoms. The van der Waals surface area contributed by atoms with E-state index in [0.717, 1.165) is 24.8 Å². The van der Waals surface area contributed by atoms with Gasteiger partial charge in [0.25, 0.3) is 0 Å². The monoisotopic (exact) mass is 192 g/mol. The number of hydrogen-bond acceptors (Lipinski definition) is 1. The smallest absolute Gasteiger partial charge is 0.169 e. The van der Waals surface area contributed by atoms with Crippen LogP contribution < -0.4 is 0 Å². The summed E-state index contributed by atoms with van der Waals surface area (Å²) < 4.78 is 13.4. The number of hydrogen-bond donors (Lipinski definition) is 0. The molecule has 1 aromatic carbocycles. The van der Waals surface area contributed by atoms with Gasteiger partial charge < -0.3 is 0 Å². The minimum Gasteiger partial charge on any atom is -0.294 e. The summed E-state index contributed by atoms with van der Waals surface area (Å²) in [6.07, 6.45) is 2.95. The molecule has 1 aliphatic rings. The highest BCUT2D eigenvalue weighted by Gasteiger charge is 2.28. The van der Waals surface area contributed by atoms with E-state index in [1.54, 1.807) is 19.1 Å². The van der Waals surface area contributed by atoms with Crippen molar-refractivity contribution in [1.82, 2.24) is 0 Å². The van der Waals surface area contributed by atoms with E-state index in [4.69, 9.17) is 0 Å². The summed E-state index contributed by atoms with van der Waals surface area (Å²) in [7, 11) is 0. The molecule has 0 heterocycles. The zero-order valence-electron chi connectivity index (χ0n) is 8.22. The molecule has 2 rings (SSSR count). The second-order valence-corrected chi connectivity index (χ2v) is 3.92. The van der Waals surface area contributed by atoms with Gasteiger partial charge in [0.05, 0.1) is 5.56 Å². The van der Waals surface area contributed by atoms with Crippen LogP contribution in [0.15, 0.2) is 18.2 Å². The number of ketones is 1. The molecule has 74 valence electrons. The third-order valence-electron chi connectivity index (χ3n) is 2.94. The van der Waals surface area contributed by atoms with E-state index in [9.17, 15) is 9.18 Å². The SMILES string of the molecule is Cc1cccc(F)c1C(=O)C1CCC1. The topological polar surface area (TPSA) is 17.1 Å². The zero-order valence-corrected chi connectivity index (χ0v) is 8.22. The van der Waals surface area contributed by atoms with Crippen LogP contribution in [0.1, 0.15) is 35.2 Å². The predicted octanol–water partition coefficient (Wildman–Crippen LogP) is 3.12. The largest absolute Gasteiger partial charge is 0.294 e. The first-order valence-electron chi connectivity index (χ1n) is 4.99. The van der Waals surface area contributed by atoms with Crippen LogP contribution in [0, 0.1) is 18.7 Å². The van der Waals surface area contributed by atoms with Gasteiger partial charge in [0.15, 0.2) is 5.78 Å². The minimum atomic E-state index is -0.373. The van der Waals surface area contributed by atoms with E-state index in [1.165, 1.54) is 6.07 Å². The summed E-state index contributed by atoms with van der Waals surface area (Å²) in [5.41, 5.74) is 1.05. The average Bonchev–Trinajstić information content (AvgIpc) is 2.00. The minimum absolute atomic E-state index is 0.00755. The van der Waals surface area contributed by atoms with Crippen LogP contribution >= 0.6 is 0 Å². The first kappa shape index (κ1) is 9.38. The van der Waals surface area contributed by atoms with Crippen LogP contribution in [0.5, 0.6) is 0 Å². The van der Waals surface area contributed by atoms with E-state index >= 15 is 0 Å². The van der Waals surface area contributed by atoms with Gasteiger partial charge >= 0.3 is 0 Å². The maximum atomic E-state index is 13.4. The van der Waals surface area contributed by atoms with Crippen molar-refractivity contribution in [3.63, 3.8) is 0 Å². The van der Waals surface area contributed by atoms with Gasteiger partial charge in [-0.25, -0.2) is 4.39 Å². The molecule has 1 aliphatic carbocycles. The van der Waals surface area contributed by atoms with Crippen molar-refractivity contribution in [2.24, 2.45) is 5.92 Å². The van der Waals surface area contributed by atoms with Crippen molar-refractivity contribution in [1.29, 1.82) is 0 Å². The van der Waals surface area contributed by atoms with Gasteiger partial charge in [-0.2, -0.15) is 0 Å². The molecule has 1 aromatic rings. The van der Waals surface area contributed by atoms with Crippen molar-refractivity contribution in [2.75, 3.05) is 0 Å². The first-order chi connectivity index (χ1) is 6.70. The summed E-state index contributed by atoms with van der Waals surface area (Å²) in [5, 5.41) is 0. The fraction of sp³-hybridized carbons (Fsp3) is 0.417. The van der Waals surface area contributed by atoms with Gasteiger partial charge in [-0.1, -0.05) is 18.6 Å². The Balaban J connectivity index is 2.34. The third-order valence-corrected chi connectivity index (χ3v) is 2.94. The molecule has 1 nitrogen and oxygen atoms in total. The normalized spacial score (nSPS) is 16.4. The Morgan fingerprint density at radius 1 is 1.43 bits per heavy atom. The Kier molecular flexibility index (Phi) is 2.36. The molecular weight excluding hydrogens is 179 g/mol. The average molecular weight is 192 g/mol. The van der Waals surface area contributed by atoms with E-state index in [2.05, 4.69) is 0 Å². The Hall–Kier alpha value is -1.18. The second kappa shape index (κ2) is 3.52. The molecule has 14 heavy (non-hydrogen) atoms. The lowest BCUT2D eigenvalue weighted by Gasteiger charge is -2.24. The van der Waals surface area contributed by atoms with E-state index in [-0.39, 0.29) is 17.5 Å². The molecule has 0 aromatic heterocycles. The van der Waals surface area contributed by atoms with Gasteiger partial charge in [-0.3, -0.25) is 4.79 Å². The van der Waals surface area contributed by atoms with Crippen molar-refractivity contribution >= 4 is 5.78 Å². The molecule has 0 aliphatic heterocycles. The van der Waals surface area contributed by atoms with Crippen molar-refractivity contribution < 1.29 is 9.18 Å². The number of carbonyl (C=O) groups excluding carboxylic acids is 1. The molecule has 0 amide bonds. The second-order valence-electron chi connectivity index (χ2n) is 3.92. The lowest BCUT2D eigenvalue weighted by molar-refractivity contribution is 0.0850. The van der Waals surface area contributed by atoms with E-state index in [0.29, 0.717) is 5.56 Å². The van der Waals surface area contributed by atoms with Gasteiger partial charge in [-0.05, 0) is 31.4 Å². The number of carbonyl (C=O) groups is 1. The van der Waals surface area contributed by atoms with Crippen molar-refractivity contribution in [3.05, 3.63) is 35.1 Å². The summed E-state index contributed by atoms with van der Waals surface area (Å²) in [6.45, 7) is 1.79. The van der Waals surface area contributed by atoms with Crippen molar-refractivity contribution in [3.8, 4) is 0 Å². The lowest BCUT2D eigenvalue weighted by Crippen LogP contribution is -2.23. The molecule has 1 fully saturated rings. The molecule has 0 unspecified atom stereocenters. The van der Waals surface area contributed by atoms with Crippen LogP contribution in [0.25, 0.3) is 0 Å². The van der Waals surface area contributed by atoms with Gasteiger partial charge in [0.2, 0.25) is 0 Å². The maximum absolute atomic E-state index is 13.4. The first-order valence-corrected chi connectivity index (χ1v) is 4.99. The Morgan fingerprint density at radius 2 is 2.14 bits per heavy atom. The highest BCUT2D eigenvalue weighted by atomic mass is 19.1. The van der Waals surface area contributed by atoms with Crippen LogP contribution in [-0.2, 0) is 0 Å². The standard InChI is InChI=1S/C12H13FO/c1-8-4-2-7-10(13)11(8)12(14)9-5-3-6-9/h2,4,7,9H,3,5-6H2,1H3. The number of aryl methyl sites for hydroxylation is 1. The Bertz CT molecular complexity index is 346. The number of Topliss-reactive ketones (excluding diaryl/α,β-unsaturated/α-hetero) is 1. The highest BCUT2D eigenvalue weighted by molar-refractivity contribution is 5.99. The van der Waals surface area contributed by atoms with Crippen LogP contribution in [0.2, 0.25) is 0 Å². The summed E-state index contributed by atoms with van der Waals surface area (Å²) in [5.74, 6) is -0.306. The lowest BCUT2D eigenvalue weighted by atomic mass is 9.79. The summed E-state index contributed by atoms with van der Waals surface area (Å²) >= 11 is 0. The van der Waals surface area contributed by atoms with E-state index in [1.807, 2.05) is 0 Å². The van der Waals surface area contributed by atoms with Crippen LogP contribution in [0.3, 0.4) is 0 Å². The quantitative estimate of drug-likeness (QED) is 0.658. The maximum Gasteiger partial charge on any atom is 0.169 e. The summed E-state index contributed by atoms with van der Waals surface area (Å²) in [6, 6.07) is 4.79. The van der Waals surface area contributed by atoms with Gasteiger partial charge in [0.1, 0.15) is 5.82 Å². The molecule has 2 heteroatoms. The molecule has 0 N–H and O–H groups in total. The van der Waals surface area contributed by atoms with Crippen molar-refractivity contribution in [2.45, 2.75) is 26.2 Å². The van der Waals surface area contributed by atoms with Crippen LogP contribution in [-0.4, -0.2) is 5.78 Å². The fourth-order valence-electron chi connectivity index (χ4n) is 1.82. The van der Waals surface area contributed by atoms with E-state index < -0.39 is 0 Å². The predicted molar refractivity (Wildman–Crippen MR) is 52.8 cm³/mol. The summed E-state index contributed by atoms with van der Waals surface area (Å²) in [4.78, 5) is 11.8. The fourth-order valence-corrected chi connectivity index (χ4v) is 1.82.